The van der Waals surface area contributed by atoms with Gasteiger partial charge in [0.25, 0.3) is 11.8 Å². The second kappa shape index (κ2) is 10.9. The largest absolute Gasteiger partial charge is 0.349 e. The quantitative estimate of drug-likeness (QED) is 0.242. The first kappa shape index (κ1) is 27.8. The maximum absolute atomic E-state index is 14.1. The van der Waals surface area contributed by atoms with E-state index in [0.717, 1.165) is 67.4 Å². The number of rotatable bonds is 2. The molecular weight excluding hydrogens is 579 g/mol. The molecule has 44 heavy (non-hydrogen) atoms. The topological polar surface area (TPSA) is 93.8 Å². The summed E-state index contributed by atoms with van der Waals surface area (Å²) in [6.07, 6.45) is 6.90. The summed E-state index contributed by atoms with van der Waals surface area (Å²) in [6.45, 7) is 6.54. The van der Waals surface area contributed by atoms with Crippen molar-refractivity contribution in [2.45, 2.75) is 26.9 Å². The van der Waals surface area contributed by atoms with Gasteiger partial charge in [-0.15, -0.1) is 0 Å². The lowest BCUT2D eigenvalue weighted by Gasteiger charge is -2.18. The third-order valence-corrected chi connectivity index (χ3v) is 8.62. The average molecular weight is 607 g/mol. The van der Waals surface area contributed by atoms with Crippen molar-refractivity contribution >= 4 is 45.2 Å². The number of halogens is 2. The summed E-state index contributed by atoms with van der Waals surface area (Å²) in [5, 5.41) is 8.26. The number of carbonyl (C=O) groups is 2. The van der Waals surface area contributed by atoms with Crippen LogP contribution in [0.2, 0.25) is 5.02 Å². The van der Waals surface area contributed by atoms with Gasteiger partial charge in [-0.2, -0.15) is 0 Å². The Balaban J connectivity index is 0.000000142. The minimum absolute atomic E-state index is 0.0169. The molecule has 8 rings (SSSR count). The predicted octanol–water partition coefficient (Wildman–Crippen LogP) is 6.30. The molecule has 4 aromatic heterocycles. The molecule has 0 spiro atoms. The lowest BCUT2D eigenvalue weighted by molar-refractivity contribution is 0.0920. The third-order valence-electron chi connectivity index (χ3n) is 8.40. The molecule has 220 valence electrons. The zero-order valence-electron chi connectivity index (χ0n) is 24.1. The van der Waals surface area contributed by atoms with Gasteiger partial charge in [0, 0.05) is 77.9 Å². The van der Waals surface area contributed by atoms with Crippen LogP contribution in [0.1, 0.15) is 32.1 Å². The van der Waals surface area contributed by atoms with Crippen LogP contribution < -0.4 is 10.6 Å². The summed E-state index contributed by atoms with van der Waals surface area (Å²) in [5.74, 6) is -0.413. The Morgan fingerprint density at radius 3 is 1.66 bits per heavy atom. The van der Waals surface area contributed by atoms with Gasteiger partial charge < -0.3 is 19.8 Å². The molecule has 0 radical (unpaired) electrons. The van der Waals surface area contributed by atoms with Crippen LogP contribution in [-0.2, 0) is 13.1 Å². The van der Waals surface area contributed by atoms with Crippen molar-refractivity contribution in [3.8, 4) is 22.3 Å². The minimum Gasteiger partial charge on any atom is -0.349 e. The second-order valence-corrected chi connectivity index (χ2v) is 11.4. The number of fused-ring (bicyclic) bond motifs is 6. The van der Waals surface area contributed by atoms with Crippen molar-refractivity contribution < 1.29 is 14.0 Å². The van der Waals surface area contributed by atoms with Crippen LogP contribution in [0, 0.1) is 19.7 Å². The number of aryl methyl sites for hydroxylation is 2. The normalized spacial score (nSPS) is 14.0. The maximum Gasteiger partial charge on any atom is 0.268 e. The predicted molar refractivity (Wildman–Crippen MR) is 169 cm³/mol. The summed E-state index contributed by atoms with van der Waals surface area (Å²) < 4.78 is 18.2. The molecule has 2 aliphatic rings. The van der Waals surface area contributed by atoms with Crippen LogP contribution >= 0.6 is 11.6 Å². The molecule has 0 unspecified atom stereocenters. The highest BCUT2D eigenvalue weighted by Gasteiger charge is 2.27. The number of nitrogens with one attached hydrogen (secondary N) is 2. The van der Waals surface area contributed by atoms with Crippen molar-refractivity contribution in [2.24, 2.45) is 0 Å². The number of amides is 2. The average Bonchev–Trinajstić information content (AvgIpc) is 3.49. The molecule has 0 saturated heterocycles. The van der Waals surface area contributed by atoms with Crippen LogP contribution in [0.15, 0.2) is 73.3 Å². The first-order chi connectivity index (χ1) is 21.3. The van der Waals surface area contributed by atoms with Crippen molar-refractivity contribution in [3.63, 3.8) is 0 Å². The van der Waals surface area contributed by atoms with E-state index in [4.69, 9.17) is 11.6 Å². The maximum atomic E-state index is 14.1. The monoisotopic (exact) mass is 606 g/mol. The summed E-state index contributed by atoms with van der Waals surface area (Å²) in [4.78, 5) is 32.5. The lowest BCUT2D eigenvalue weighted by atomic mass is 10.0. The number of carbonyl (C=O) groups excluding carboxylic acids is 2. The van der Waals surface area contributed by atoms with E-state index in [1.54, 1.807) is 24.8 Å². The van der Waals surface area contributed by atoms with Crippen molar-refractivity contribution in [1.29, 1.82) is 0 Å². The van der Waals surface area contributed by atoms with Crippen molar-refractivity contribution in [1.82, 2.24) is 29.7 Å². The lowest BCUT2D eigenvalue weighted by Crippen LogP contribution is -2.35. The third kappa shape index (κ3) is 4.51. The zero-order valence-corrected chi connectivity index (χ0v) is 24.9. The fourth-order valence-corrected chi connectivity index (χ4v) is 6.72. The molecule has 0 saturated carbocycles. The van der Waals surface area contributed by atoms with E-state index < -0.39 is 0 Å². The van der Waals surface area contributed by atoms with Gasteiger partial charge in [0.1, 0.15) is 17.2 Å². The SMILES string of the molecule is Cc1c2n(c3c(-c4ccncc4)cc(Cl)cc13)CCNC2=O.Cc1c2n(c3c(-c4ccncc4)cc(F)cc13)CCNC2=O. The number of aromatic nitrogens is 4. The Hall–Kier alpha value is -5.02. The minimum atomic E-state index is -0.300. The Kier molecular flexibility index (Phi) is 6.89. The fourth-order valence-electron chi connectivity index (χ4n) is 6.50. The summed E-state index contributed by atoms with van der Waals surface area (Å²) in [6, 6.07) is 14.6. The molecule has 6 aromatic rings. The Morgan fingerprint density at radius 1 is 0.705 bits per heavy atom. The van der Waals surface area contributed by atoms with Crippen molar-refractivity contribution in [2.75, 3.05) is 13.1 Å². The zero-order chi connectivity index (χ0) is 30.5. The van der Waals surface area contributed by atoms with Crippen LogP contribution in [0.4, 0.5) is 4.39 Å². The van der Waals surface area contributed by atoms with Crippen LogP contribution in [0.3, 0.4) is 0 Å². The van der Waals surface area contributed by atoms with Gasteiger partial charge in [0.05, 0.1) is 11.0 Å². The van der Waals surface area contributed by atoms with E-state index in [2.05, 4.69) is 25.2 Å². The molecule has 2 aliphatic heterocycles. The van der Waals surface area contributed by atoms with Crippen LogP contribution in [-0.4, -0.2) is 44.0 Å². The van der Waals surface area contributed by atoms with Gasteiger partial charge in [-0.25, -0.2) is 4.39 Å². The molecule has 6 heterocycles. The van der Waals surface area contributed by atoms with Gasteiger partial charge in [0.15, 0.2) is 0 Å². The van der Waals surface area contributed by atoms with Crippen molar-refractivity contribution in [3.05, 3.63) is 107 Å². The molecule has 2 aromatic carbocycles. The molecule has 0 aliphatic carbocycles. The molecule has 8 nitrogen and oxygen atoms in total. The highest BCUT2D eigenvalue weighted by atomic mass is 35.5. The van der Waals surface area contributed by atoms with E-state index >= 15 is 0 Å². The summed E-state index contributed by atoms with van der Waals surface area (Å²) in [5.41, 5.74) is 8.91. The van der Waals surface area contributed by atoms with E-state index in [0.29, 0.717) is 30.4 Å². The number of nitrogens with zero attached hydrogens (tertiary/aromatic N) is 4. The smallest absolute Gasteiger partial charge is 0.268 e. The molecule has 2 N–H and O–H groups in total. The molecule has 0 fully saturated rings. The first-order valence-corrected chi connectivity index (χ1v) is 14.7. The fraction of sp³-hybridized carbons (Fsp3) is 0.176. The van der Waals surface area contributed by atoms with Gasteiger partial charge in [0.2, 0.25) is 0 Å². The Labute approximate surface area is 257 Å². The van der Waals surface area contributed by atoms with E-state index in [1.165, 1.54) is 12.1 Å². The number of hydrogen-bond acceptors (Lipinski definition) is 4. The number of benzene rings is 2. The van der Waals surface area contributed by atoms with E-state index in [1.807, 2.05) is 54.8 Å². The van der Waals surface area contributed by atoms with Gasteiger partial charge in [-0.05, 0) is 84.6 Å². The van der Waals surface area contributed by atoms with Crippen LogP contribution in [0.5, 0.6) is 0 Å². The first-order valence-electron chi connectivity index (χ1n) is 14.4. The van der Waals surface area contributed by atoms with Crippen LogP contribution in [0.25, 0.3) is 44.1 Å². The number of pyridine rings is 2. The summed E-state index contributed by atoms with van der Waals surface area (Å²) in [7, 11) is 0. The van der Waals surface area contributed by atoms with E-state index in [-0.39, 0.29) is 17.6 Å². The number of hydrogen-bond donors (Lipinski definition) is 2. The highest BCUT2D eigenvalue weighted by molar-refractivity contribution is 6.32. The van der Waals surface area contributed by atoms with E-state index in [9.17, 15) is 14.0 Å². The van der Waals surface area contributed by atoms with Gasteiger partial charge in [-0.3, -0.25) is 19.6 Å². The summed E-state index contributed by atoms with van der Waals surface area (Å²) >= 11 is 6.32. The second-order valence-electron chi connectivity index (χ2n) is 10.9. The Morgan fingerprint density at radius 2 is 1.16 bits per heavy atom. The molecule has 2 amide bonds. The van der Waals surface area contributed by atoms with Gasteiger partial charge >= 0.3 is 0 Å². The standard InChI is InChI=1S/C17H14ClN3O.C17H14FN3O/c2*1-10-13-8-12(18)9-14(11-2-4-19-5-3-11)16(13)21-7-6-20-17(22)15(10)21/h2*2-5,8-9H,6-7H2,1H3,(H,20,22). The highest BCUT2D eigenvalue weighted by Crippen LogP contribution is 2.38. The Bertz CT molecular complexity index is 1950. The van der Waals surface area contributed by atoms with Gasteiger partial charge in [-0.1, -0.05) is 11.6 Å². The molecule has 10 heteroatoms. The molecular formula is C34H28ClFN6O2. The molecule has 0 atom stereocenters. The molecule has 0 bridgehead atoms.